The summed E-state index contributed by atoms with van der Waals surface area (Å²) in [7, 11) is 0. The topological polar surface area (TPSA) is 56.4 Å². The van der Waals surface area contributed by atoms with Crippen LogP contribution in [0.4, 0.5) is 0 Å². The fourth-order valence-electron chi connectivity index (χ4n) is 6.26. The van der Waals surface area contributed by atoms with Crippen molar-refractivity contribution in [3.05, 3.63) is 70.9 Å². The van der Waals surface area contributed by atoms with Crippen LogP contribution in [0.2, 0.25) is 0 Å². The van der Waals surface area contributed by atoms with E-state index in [1.165, 1.54) is 22.1 Å². The van der Waals surface area contributed by atoms with Crippen LogP contribution in [-0.2, 0) is 35.5 Å². The number of aromatic nitrogens is 1. The van der Waals surface area contributed by atoms with E-state index in [-0.39, 0.29) is 23.7 Å². The predicted molar refractivity (Wildman–Crippen MR) is 128 cm³/mol. The van der Waals surface area contributed by atoms with Crippen LogP contribution >= 0.6 is 0 Å². The van der Waals surface area contributed by atoms with Gasteiger partial charge in [-0.3, -0.25) is 9.59 Å². The summed E-state index contributed by atoms with van der Waals surface area (Å²) in [4.78, 5) is 34.9. The lowest BCUT2D eigenvalue weighted by Crippen LogP contribution is -2.48. The molecule has 0 saturated heterocycles. The van der Waals surface area contributed by atoms with Crippen molar-refractivity contribution in [3.8, 4) is 0 Å². The van der Waals surface area contributed by atoms with Gasteiger partial charge in [-0.05, 0) is 48.4 Å². The number of nitrogens with one attached hydrogen (secondary N) is 1. The van der Waals surface area contributed by atoms with Crippen molar-refractivity contribution in [2.45, 2.75) is 51.6 Å². The smallest absolute Gasteiger partial charge is 0.226 e. The lowest BCUT2D eigenvalue weighted by Gasteiger charge is -2.38. The number of rotatable bonds is 2. The molecule has 2 amide bonds. The zero-order valence-electron chi connectivity index (χ0n) is 19.1. The van der Waals surface area contributed by atoms with E-state index in [0.717, 1.165) is 62.8 Å². The monoisotopic (exact) mass is 441 g/mol. The zero-order chi connectivity index (χ0) is 22.4. The molecule has 33 heavy (non-hydrogen) atoms. The van der Waals surface area contributed by atoms with Gasteiger partial charge in [0, 0.05) is 48.1 Å². The fourth-order valence-corrected chi connectivity index (χ4v) is 6.26. The molecular weight excluding hydrogens is 410 g/mol. The molecule has 1 N–H and O–H groups in total. The van der Waals surface area contributed by atoms with E-state index in [0.29, 0.717) is 13.1 Å². The molecule has 6 rings (SSSR count). The van der Waals surface area contributed by atoms with E-state index in [1.807, 2.05) is 21.9 Å². The Morgan fingerprint density at radius 2 is 1.39 bits per heavy atom. The van der Waals surface area contributed by atoms with Crippen LogP contribution in [0, 0.1) is 11.8 Å². The van der Waals surface area contributed by atoms with Crippen molar-refractivity contribution in [1.82, 2.24) is 14.8 Å². The highest BCUT2D eigenvalue weighted by Crippen LogP contribution is 2.36. The lowest BCUT2D eigenvalue weighted by molar-refractivity contribution is -0.149. The summed E-state index contributed by atoms with van der Waals surface area (Å²) in [5.41, 5.74) is 6.24. The van der Waals surface area contributed by atoms with Gasteiger partial charge in [0.15, 0.2) is 0 Å². The molecule has 2 unspecified atom stereocenters. The molecule has 1 aliphatic carbocycles. The van der Waals surface area contributed by atoms with Gasteiger partial charge in [0.1, 0.15) is 0 Å². The maximum Gasteiger partial charge on any atom is 0.226 e. The summed E-state index contributed by atoms with van der Waals surface area (Å²) in [5.74, 6) is -0.00407. The molecule has 5 nitrogen and oxygen atoms in total. The van der Waals surface area contributed by atoms with Crippen molar-refractivity contribution in [1.29, 1.82) is 0 Å². The minimum atomic E-state index is -0.186. The van der Waals surface area contributed by atoms with E-state index in [2.05, 4.69) is 41.4 Å². The number of aromatic amines is 1. The maximum atomic E-state index is 13.7. The SMILES string of the molecule is O=C(C1CCCCC1C(=O)N1CCc2c([nH]c3ccccc23)C1)N1CCc2ccccc2C1. The van der Waals surface area contributed by atoms with E-state index >= 15 is 0 Å². The minimum Gasteiger partial charge on any atom is -0.357 e. The molecule has 0 spiro atoms. The van der Waals surface area contributed by atoms with E-state index in [1.54, 1.807) is 0 Å². The first-order chi connectivity index (χ1) is 16.2. The molecule has 1 fully saturated rings. The maximum absolute atomic E-state index is 13.7. The van der Waals surface area contributed by atoms with Gasteiger partial charge in [-0.1, -0.05) is 55.3 Å². The Balaban J connectivity index is 1.20. The number of carbonyl (C=O) groups excluding carboxylic acids is 2. The van der Waals surface area contributed by atoms with Gasteiger partial charge >= 0.3 is 0 Å². The largest absolute Gasteiger partial charge is 0.357 e. The van der Waals surface area contributed by atoms with E-state index in [9.17, 15) is 9.59 Å². The summed E-state index contributed by atoms with van der Waals surface area (Å²) >= 11 is 0. The Labute approximate surface area is 194 Å². The number of hydrogen-bond acceptors (Lipinski definition) is 2. The minimum absolute atomic E-state index is 0.176. The van der Waals surface area contributed by atoms with Crippen LogP contribution in [0.1, 0.15) is 48.1 Å². The van der Waals surface area contributed by atoms with Gasteiger partial charge < -0.3 is 14.8 Å². The van der Waals surface area contributed by atoms with Gasteiger partial charge in [0.25, 0.3) is 0 Å². The summed E-state index contributed by atoms with van der Waals surface area (Å²) < 4.78 is 0. The van der Waals surface area contributed by atoms with Gasteiger partial charge in [-0.25, -0.2) is 0 Å². The second kappa shape index (κ2) is 8.36. The average molecular weight is 442 g/mol. The van der Waals surface area contributed by atoms with Crippen LogP contribution in [0.15, 0.2) is 48.5 Å². The number of nitrogens with zero attached hydrogens (tertiary/aromatic N) is 2. The number of H-pyrrole nitrogens is 1. The van der Waals surface area contributed by atoms with Crippen molar-refractivity contribution >= 4 is 22.7 Å². The summed E-state index contributed by atoms with van der Waals surface area (Å²) in [6.45, 7) is 2.80. The second-order valence-electron chi connectivity index (χ2n) is 9.91. The molecule has 1 saturated carbocycles. The van der Waals surface area contributed by atoms with Crippen molar-refractivity contribution < 1.29 is 9.59 Å². The molecule has 3 aromatic rings. The predicted octanol–water partition coefficient (Wildman–Crippen LogP) is 4.44. The first-order valence-corrected chi connectivity index (χ1v) is 12.4. The molecular formula is C28H31N3O2. The molecule has 5 heteroatoms. The van der Waals surface area contributed by atoms with Crippen molar-refractivity contribution in [2.75, 3.05) is 13.1 Å². The molecule has 0 radical (unpaired) electrons. The average Bonchev–Trinajstić information content (AvgIpc) is 3.25. The second-order valence-corrected chi connectivity index (χ2v) is 9.91. The molecule has 2 aromatic carbocycles. The van der Waals surface area contributed by atoms with Crippen LogP contribution < -0.4 is 0 Å². The molecule has 2 aliphatic heterocycles. The van der Waals surface area contributed by atoms with E-state index < -0.39 is 0 Å². The first-order valence-electron chi connectivity index (χ1n) is 12.4. The van der Waals surface area contributed by atoms with Gasteiger partial charge in [-0.2, -0.15) is 0 Å². The summed E-state index contributed by atoms with van der Waals surface area (Å²) in [6, 6.07) is 16.8. The Kier molecular flexibility index (Phi) is 5.20. The molecule has 2 atom stereocenters. The normalized spacial score (nSPS) is 22.7. The Bertz CT molecular complexity index is 1210. The highest BCUT2D eigenvalue weighted by molar-refractivity contribution is 5.89. The first kappa shape index (κ1) is 20.5. The standard InChI is InChI=1S/C28H31N3O2/c32-27(30-15-13-19-7-1-2-8-20(19)17-30)23-10-3-4-11-24(23)28(33)31-16-14-22-21-9-5-6-12-25(21)29-26(22)18-31/h1-2,5-9,12,23-24,29H,3-4,10-11,13-18H2. The molecule has 170 valence electrons. The highest BCUT2D eigenvalue weighted by Gasteiger charge is 2.40. The number of carbonyl (C=O) groups is 2. The lowest BCUT2D eigenvalue weighted by atomic mass is 9.77. The van der Waals surface area contributed by atoms with Crippen LogP contribution in [0.3, 0.4) is 0 Å². The number of hydrogen-bond donors (Lipinski definition) is 1. The molecule has 1 aromatic heterocycles. The van der Waals surface area contributed by atoms with Crippen LogP contribution in [0.5, 0.6) is 0 Å². The summed E-state index contributed by atoms with van der Waals surface area (Å²) in [5, 5.41) is 1.27. The highest BCUT2D eigenvalue weighted by atomic mass is 16.2. The van der Waals surface area contributed by atoms with Crippen molar-refractivity contribution in [2.24, 2.45) is 11.8 Å². The number of benzene rings is 2. The number of para-hydroxylation sites is 1. The third kappa shape index (κ3) is 3.64. The third-order valence-electron chi connectivity index (χ3n) is 8.04. The van der Waals surface area contributed by atoms with E-state index in [4.69, 9.17) is 0 Å². The van der Waals surface area contributed by atoms with Gasteiger partial charge in [0.05, 0.1) is 6.54 Å². The van der Waals surface area contributed by atoms with Crippen molar-refractivity contribution in [3.63, 3.8) is 0 Å². The van der Waals surface area contributed by atoms with Crippen LogP contribution in [0.25, 0.3) is 10.9 Å². The third-order valence-corrected chi connectivity index (χ3v) is 8.04. The number of fused-ring (bicyclic) bond motifs is 4. The Hall–Kier alpha value is -3.08. The Morgan fingerprint density at radius 3 is 2.18 bits per heavy atom. The number of amides is 2. The fraction of sp³-hybridized carbons (Fsp3) is 0.429. The zero-order valence-corrected chi connectivity index (χ0v) is 19.1. The van der Waals surface area contributed by atoms with Gasteiger partial charge in [-0.15, -0.1) is 0 Å². The molecule has 0 bridgehead atoms. The molecule has 3 aliphatic rings. The molecule has 3 heterocycles. The Morgan fingerprint density at radius 1 is 0.758 bits per heavy atom. The quantitative estimate of drug-likeness (QED) is 0.639. The van der Waals surface area contributed by atoms with Gasteiger partial charge in [0.2, 0.25) is 11.8 Å². The van der Waals surface area contributed by atoms with Crippen LogP contribution in [-0.4, -0.2) is 39.7 Å². The summed E-state index contributed by atoms with van der Waals surface area (Å²) in [6.07, 6.45) is 5.52.